The lowest BCUT2D eigenvalue weighted by atomic mass is 9.83. The van der Waals surface area contributed by atoms with Crippen molar-refractivity contribution in [3.63, 3.8) is 0 Å². The lowest BCUT2D eigenvalue weighted by Crippen LogP contribution is -2.52. The Morgan fingerprint density at radius 1 is 1.36 bits per heavy atom. The first-order chi connectivity index (χ1) is 13.4. The zero-order valence-electron chi connectivity index (χ0n) is 15.7. The summed E-state index contributed by atoms with van der Waals surface area (Å²) in [6.07, 6.45) is 2.88. The number of nitriles is 1. The molecule has 1 heterocycles. The van der Waals surface area contributed by atoms with Gasteiger partial charge in [-0.1, -0.05) is 31.4 Å². The average Bonchev–Trinajstić information content (AvgIpc) is 2.69. The maximum absolute atomic E-state index is 12.4. The second-order valence-corrected chi connectivity index (χ2v) is 8.42. The lowest BCUT2D eigenvalue weighted by molar-refractivity contribution is -0.155. The lowest BCUT2D eigenvalue weighted by Gasteiger charge is -2.32. The first kappa shape index (κ1) is 20.2. The second kappa shape index (κ2) is 8.65. The number of hydrogen-bond acceptors (Lipinski definition) is 6. The van der Waals surface area contributed by atoms with Gasteiger partial charge in [-0.2, -0.15) is 5.26 Å². The third-order valence-electron chi connectivity index (χ3n) is 5.02. The number of fused-ring (bicyclic) bond motifs is 1. The predicted molar refractivity (Wildman–Crippen MR) is 104 cm³/mol. The summed E-state index contributed by atoms with van der Waals surface area (Å²) in [6.45, 7) is 1.48. The molecule has 28 heavy (non-hydrogen) atoms. The normalized spacial score (nSPS) is 21.4. The van der Waals surface area contributed by atoms with Crippen molar-refractivity contribution in [2.75, 3.05) is 5.32 Å². The Labute approximate surface area is 168 Å². The van der Waals surface area contributed by atoms with Crippen LogP contribution in [0.1, 0.15) is 45.4 Å². The molecule has 7 nitrogen and oxygen atoms in total. The largest absolute Gasteiger partial charge is 0.453 e. The Bertz CT molecular complexity index is 814. The van der Waals surface area contributed by atoms with E-state index < -0.39 is 28.8 Å². The summed E-state index contributed by atoms with van der Waals surface area (Å²) < 4.78 is 5.23. The molecular formula is C20H23N3O4S. The number of amides is 2. The van der Waals surface area contributed by atoms with Gasteiger partial charge >= 0.3 is 5.97 Å². The number of nitrogens with one attached hydrogen (secondary N) is 2. The van der Waals surface area contributed by atoms with E-state index in [0.717, 1.165) is 29.8 Å². The molecule has 2 aliphatic rings. The van der Waals surface area contributed by atoms with Gasteiger partial charge in [-0.3, -0.25) is 14.4 Å². The molecule has 1 aliphatic heterocycles. The molecule has 2 N–H and O–H groups in total. The fourth-order valence-corrected chi connectivity index (χ4v) is 4.53. The van der Waals surface area contributed by atoms with E-state index in [0.29, 0.717) is 12.8 Å². The fraction of sp³-hybridized carbons (Fsp3) is 0.500. The third-order valence-corrected chi connectivity index (χ3v) is 6.29. The van der Waals surface area contributed by atoms with Crippen LogP contribution in [0.4, 0.5) is 5.69 Å². The molecule has 0 bridgehead atoms. The van der Waals surface area contributed by atoms with E-state index >= 15 is 0 Å². The summed E-state index contributed by atoms with van der Waals surface area (Å²) in [5.74, 6) is -1.37. The van der Waals surface area contributed by atoms with Crippen LogP contribution in [0.3, 0.4) is 0 Å². The molecule has 8 heteroatoms. The third kappa shape index (κ3) is 4.65. The molecule has 0 spiro atoms. The molecule has 0 aromatic heterocycles. The van der Waals surface area contributed by atoms with E-state index in [-0.39, 0.29) is 12.3 Å². The molecule has 3 rings (SSSR count). The summed E-state index contributed by atoms with van der Waals surface area (Å²) >= 11 is 1.30. The zero-order valence-corrected chi connectivity index (χ0v) is 16.5. The van der Waals surface area contributed by atoms with Gasteiger partial charge in [0.1, 0.15) is 5.54 Å². The number of thioether (sulfide) groups is 1. The van der Waals surface area contributed by atoms with Crippen LogP contribution >= 0.6 is 11.8 Å². The van der Waals surface area contributed by atoms with Crippen LogP contribution in [0, 0.1) is 11.3 Å². The van der Waals surface area contributed by atoms with Crippen LogP contribution in [-0.2, 0) is 19.1 Å². The number of para-hydroxylation sites is 1. The standard InChI is InChI=1S/C20H23N3O4S/c1-13(18(25)23-20(12-21)9-5-2-6-10-20)27-17(24)11-16-19(26)22-14-7-3-4-8-15(14)28-16/h3-4,7-8,13,16H,2,5-6,9-11H2,1H3,(H,22,26)(H,23,25)/t13-,16-/m0/s1. The molecule has 1 aliphatic carbocycles. The minimum atomic E-state index is -1.02. The molecule has 2 atom stereocenters. The Morgan fingerprint density at radius 3 is 2.79 bits per heavy atom. The molecule has 148 valence electrons. The van der Waals surface area contributed by atoms with Crippen molar-refractivity contribution in [3.8, 4) is 6.07 Å². The van der Waals surface area contributed by atoms with Crippen molar-refractivity contribution in [2.24, 2.45) is 0 Å². The van der Waals surface area contributed by atoms with E-state index in [2.05, 4.69) is 16.7 Å². The zero-order chi connectivity index (χ0) is 20.1. The van der Waals surface area contributed by atoms with Gasteiger partial charge in [0.25, 0.3) is 5.91 Å². The summed E-state index contributed by atoms with van der Waals surface area (Å²) in [6, 6.07) is 9.58. The molecule has 0 unspecified atom stereocenters. The molecule has 1 fully saturated rings. The van der Waals surface area contributed by atoms with Gasteiger partial charge in [0.05, 0.1) is 23.4 Å². The number of rotatable bonds is 5. The molecule has 1 aromatic carbocycles. The number of esters is 1. The van der Waals surface area contributed by atoms with Gasteiger partial charge in [0.15, 0.2) is 6.10 Å². The van der Waals surface area contributed by atoms with Gasteiger partial charge in [-0.25, -0.2) is 0 Å². The van der Waals surface area contributed by atoms with E-state index in [1.807, 2.05) is 18.2 Å². The van der Waals surface area contributed by atoms with E-state index in [9.17, 15) is 19.6 Å². The molecule has 1 saturated carbocycles. The van der Waals surface area contributed by atoms with Crippen LogP contribution in [0.25, 0.3) is 0 Å². The van der Waals surface area contributed by atoms with E-state index in [1.165, 1.54) is 18.7 Å². The Kier molecular flexibility index (Phi) is 6.25. The highest BCUT2D eigenvalue weighted by atomic mass is 32.2. The van der Waals surface area contributed by atoms with Gasteiger partial charge in [0, 0.05) is 4.90 Å². The van der Waals surface area contributed by atoms with Crippen molar-refractivity contribution in [2.45, 2.75) is 67.2 Å². The fourth-order valence-electron chi connectivity index (χ4n) is 3.43. The van der Waals surface area contributed by atoms with Crippen molar-refractivity contribution >= 4 is 35.2 Å². The number of carbonyl (C=O) groups is 3. The molecular weight excluding hydrogens is 378 g/mol. The molecule has 0 radical (unpaired) electrons. The molecule has 1 aromatic rings. The monoisotopic (exact) mass is 401 g/mol. The highest BCUT2D eigenvalue weighted by Crippen LogP contribution is 2.36. The van der Waals surface area contributed by atoms with E-state index in [4.69, 9.17) is 4.74 Å². The van der Waals surface area contributed by atoms with Crippen LogP contribution in [-0.4, -0.2) is 34.7 Å². The van der Waals surface area contributed by atoms with Gasteiger partial charge in [0.2, 0.25) is 5.91 Å². The van der Waals surface area contributed by atoms with Gasteiger partial charge in [-0.05, 0) is 31.9 Å². The number of ether oxygens (including phenoxy) is 1. The first-order valence-corrected chi connectivity index (χ1v) is 10.3. The number of carbonyl (C=O) groups excluding carboxylic acids is 3. The van der Waals surface area contributed by atoms with Crippen molar-refractivity contribution in [1.82, 2.24) is 5.32 Å². The number of nitrogens with zero attached hydrogens (tertiary/aromatic N) is 1. The second-order valence-electron chi connectivity index (χ2n) is 7.17. The summed E-state index contributed by atoms with van der Waals surface area (Å²) in [4.78, 5) is 37.8. The Hall–Kier alpha value is -2.53. The van der Waals surface area contributed by atoms with Gasteiger partial charge in [-0.15, -0.1) is 11.8 Å². The van der Waals surface area contributed by atoms with Crippen molar-refractivity contribution in [3.05, 3.63) is 24.3 Å². The van der Waals surface area contributed by atoms with Crippen LogP contribution in [0.5, 0.6) is 0 Å². The molecule has 2 amide bonds. The minimum absolute atomic E-state index is 0.133. The van der Waals surface area contributed by atoms with Crippen LogP contribution in [0.15, 0.2) is 29.2 Å². The van der Waals surface area contributed by atoms with Crippen molar-refractivity contribution < 1.29 is 19.1 Å². The van der Waals surface area contributed by atoms with Crippen molar-refractivity contribution in [1.29, 1.82) is 5.26 Å². The summed E-state index contributed by atoms with van der Waals surface area (Å²) in [5, 5.41) is 14.4. The summed E-state index contributed by atoms with van der Waals surface area (Å²) in [5.41, 5.74) is -0.150. The average molecular weight is 401 g/mol. The maximum atomic E-state index is 12.4. The van der Waals surface area contributed by atoms with Crippen LogP contribution < -0.4 is 10.6 Å². The smallest absolute Gasteiger partial charge is 0.308 e. The Morgan fingerprint density at radius 2 is 2.07 bits per heavy atom. The minimum Gasteiger partial charge on any atom is -0.453 e. The van der Waals surface area contributed by atoms with Crippen LogP contribution in [0.2, 0.25) is 0 Å². The number of hydrogen-bond donors (Lipinski definition) is 2. The highest BCUT2D eigenvalue weighted by Gasteiger charge is 2.36. The quantitative estimate of drug-likeness (QED) is 0.735. The van der Waals surface area contributed by atoms with E-state index in [1.54, 1.807) is 6.07 Å². The predicted octanol–water partition coefficient (Wildman–Crippen LogP) is 2.76. The number of benzene rings is 1. The van der Waals surface area contributed by atoms with Gasteiger partial charge < -0.3 is 15.4 Å². The topological polar surface area (TPSA) is 108 Å². The highest BCUT2D eigenvalue weighted by molar-refractivity contribution is 8.01. The first-order valence-electron chi connectivity index (χ1n) is 9.42. The SMILES string of the molecule is C[C@H](OC(=O)C[C@@H]1Sc2ccccc2NC1=O)C(=O)NC1(C#N)CCCCC1. The molecule has 0 saturated heterocycles. The summed E-state index contributed by atoms with van der Waals surface area (Å²) in [7, 11) is 0. The number of anilines is 1. The maximum Gasteiger partial charge on any atom is 0.308 e. The Balaban J connectivity index is 1.53.